The Balaban J connectivity index is 1.80. The van der Waals surface area contributed by atoms with Crippen LogP contribution >= 0.6 is 27.5 Å². The molecular weight excluding hydrogens is 442 g/mol. The van der Waals surface area contributed by atoms with Crippen molar-refractivity contribution in [1.82, 2.24) is 4.98 Å². The van der Waals surface area contributed by atoms with Crippen molar-refractivity contribution in [1.29, 1.82) is 0 Å². The molecule has 0 radical (unpaired) electrons. The summed E-state index contributed by atoms with van der Waals surface area (Å²) in [5.74, 6) is 0.125. The monoisotopic (exact) mass is 457 g/mol. The second-order valence-corrected chi connectivity index (χ2v) is 8.68. The van der Waals surface area contributed by atoms with Gasteiger partial charge in [0, 0.05) is 22.7 Å². The molecule has 2 aliphatic rings. The molecule has 142 valence electrons. The number of pyridine rings is 1. The first-order chi connectivity index (χ1) is 13.5. The molecule has 1 fully saturated rings. The van der Waals surface area contributed by atoms with Gasteiger partial charge in [-0.1, -0.05) is 70.0 Å². The van der Waals surface area contributed by atoms with Crippen molar-refractivity contribution in [3.63, 3.8) is 0 Å². The van der Waals surface area contributed by atoms with Gasteiger partial charge in [-0.05, 0) is 29.7 Å². The lowest BCUT2D eigenvalue weighted by molar-refractivity contribution is -0.151. The highest BCUT2D eigenvalue weighted by molar-refractivity contribution is 9.10. The third-order valence-electron chi connectivity index (χ3n) is 5.92. The average Bonchev–Trinajstić information content (AvgIpc) is 3.09. The van der Waals surface area contributed by atoms with Gasteiger partial charge in [0.1, 0.15) is 11.4 Å². The van der Waals surface area contributed by atoms with Crippen LogP contribution < -0.4 is 4.74 Å². The Hall–Kier alpha value is -1.92. The van der Waals surface area contributed by atoms with Gasteiger partial charge in [-0.25, -0.2) is 0 Å². The molecular formula is C22H17BrClNO3. The van der Waals surface area contributed by atoms with Crippen LogP contribution in [0.5, 0.6) is 5.75 Å². The van der Waals surface area contributed by atoms with E-state index in [-0.39, 0.29) is 5.92 Å². The summed E-state index contributed by atoms with van der Waals surface area (Å²) in [7, 11) is 0. The van der Waals surface area contributed by atoms with Crippen LogP contribution in [-0.4, -0.2) is 21.3 Å². The van der Waals surface area contributed by atoms with E-state index in [9.17, 15) is 10.2 Å². The Morgan fingerprint density at radius 3 is 2.54 bits per heavy atom. The third kappa shape index (κ3) is 2.28. The molecule has 5 rings (SSSR count). The predicted molar refractivity (Wildman–Crippen MR) is 109 cm³/mol. The summed E-state index contributed by atoms with van der Waals surface area (Å²) in [4.78, 5) is 4.36. The number of ether oxygens (including phenoxy) is 1. The van der Waals surface area contributed by atoms with Crippen LogP contribution in [0, 0.1) is 0 Å². The van der Waals surface area contributed by atoms with E-state index in [2.05, 4.69) is 20.9 Å². The summed E-state index contributed by atoms with van der Waals surface area (Å²) in [6, 6.07) is 19.1. The number of benzene rings is 2. The lowest BCUT2D eigenvalue weighted by atomic mass is 9.72. The Morgan fingerprint density at radius 1 is 1.11 bits per heavy atom. The smallest absolute Gasteiger partial charge is 0.180 e. The first-order valence-corrected chi connectivity index (χ1v) is 10.2. The SMILES string of the molecule is OC1CC(c2ccccc2)C2(c3ccc(Br)cc3)Oc3cc(Cl)cnc3C12O. The molecule has 6 heteroatoms. The molecule has 0 spiro atoms. The minimum absolute atomic E-state index is 0.275. The second kappa shape index (κ2) is 6.29. The molecule has 3 aromatic rings. The summed E-state index contributed by atoms with van der Waals surface area (Å²) >= 11 is 9.60. The number of rotatable bonds is 2. The molecule has 2 aromatic carbocycles. The summed E-state index contributed by atoms with van der Waals surface area (Å²) < 4.78 is 7.41. The number of nitrogens with zero attached hydrogens (tertiary/aromatic N) is 1. The lowest BCUT2D eigenvalue weighted by Gasteiger charge is -2.40. The van der Waals surface area contributed by atoms with E-state index < -0.39 is 17.3 Å². The van der Waals surface area contributed by atoms with Gasteiger partial charge in [-0.2, -0.15) is 0 Å². The predicted octanol–water partition coefficient (Wildman–Crippen LogP) is 4.52. The molecule has 1 aromatic heterocycles. The highest BCUT2D eigenvalue weighted by atomic mass is 79.9. The van der Waals surface area contributed by atoms with Crippen LogP contribution in [-0.2, 0) is 11.2 Å². The number of aliphatic hydroxyl groups excluding tert-OH is 1. The first kappa shape index (κ1) is 18.1. The van der Waals surface area contributed by atoms with E-state index in [1.165, 1.54) is 6.20 Å². The number of aliphatic hydroxyl groups is 2. The Bertz CT molecular complexity index is 1050. The zero-order chi connectivity index (χ0) is 19.5. The highest BCUT2D eigenvalue weighted by Crippen LogP contribution is 2.66. The molecule has 2 N–H and O–H groups in total. The van der Waals surface area contributed by atoms with Crippen molar-refractivity contribution in [3.8, 4) is 5.75 Å². The summed E-state index contributed by atoms with van der Waals surface area (Å²) in [6.07, 6.45) is 0.777. The highest BCUT2D eigenvalue weighted by Gasteiger charge is 2.73. The zero-order valence-corrected chi connectivity index (χ0v) is 17.1. The maximum atomic E-state index is 12.0. The van der Waals surface area contributed by atoms with Crippen molar-refractivity contribution in [3.05, 3.63) is 93.2 Å². The van der Waals surface area contributed by atoms with Gasteiger partial charge in [0.05, 0.1) is 11.1 Å². The van der Waals surface area contributed by atoms with Crippen LogP contribution in [0.15, 0.2) is 71.3 Å². The minimum Gasteiger partial charge on any atom is -0.476 e. The molecule has 0 bridgehead atoms. The fourth-order valence-corrected chi connectivity index (χ4v) is 5.16. The van der Waals surface area contributed by atoms with Crippen LogP contribution in [0.25, 0.3) is 0 Å². The molecule has 4 nitrogen and oxygen atoms in total. The van der Waals surface area contributed by atoms with Crippen LogP contribution in [0.4, 0.5) is 0 Å². The van der Waals surface area contributed by atoms with E-state index in [0.717, 1.165) is 15.6 Å². The van der Waals surface area contributed by atoms with Gasteiger partial charge >= 0.3 is 0 Å². The quantitative estimate of drug-likeness (QED) is 0.593. The fraction of sp³-hybridized carbons (Fsp3) is 0.227. The van der Waals surface area contributed by atoms with Crippen molar-refractivity contribution in [2.24, 2.45) is 0 Å². The molecule has 0 saturated heterocycles. The molecule has 28 heavy (non-hydrogen) atoms. The maximum Gasteiger partial charge on any atom is 0.180 e. The van der Waals surface area contributed by atoms with Crippen molar-refractivity contribution >= 4 is 27.5 Å². The number of halogens is 2. The van der Waals surface area contributed by atoms with Crippen molar-refractivity contribution < 1.29 is 14.9 Å². The standard InChI is InChI=1S/C22H17BrClNO3/c23-15-8-6-14(7-9-15)22-17(13-4-2-1-3-5-13)11-19(26)21(22,27)20-18(28-22)10-16(24)12-25-20/h1-10,12,17,19,26-27H,11H2. The van der Waals surface area contributed by atoms with Gasteiger partial charge in [0.2, 0.25) is 0 Å². The van der Waals surface area contributed by atoms with E-state index in [0.29, 0.717) is 22.9 Å². The molecule has 1 saturated carbocycles. The number of aromatic nitrogens is 1. The number of hydrogen-bond donors (Lipinski definition) is 2. The van der Waals surface area contributed by atoms with Gasteiger partial charge in [0.25, 0.3) is 0 Å². The van der Waals surface area contributed by atoms with Gasteiger partial charge < -0.3 is 14.9 Å². The lowest BCUT2D eigenvalue weighted by Crippen LogP contribution is -2.52. The number of hydrogen-bond acceptors (Lipinski definition) is 4. The Labute approximate surface area is 175 Å². The molecule has 2 heterocycles. The number of fused-ring (bicyclic) bond motifs is 3. The Kier molecular flexibility index (Phi) is 4.07. The minimum atomic E-state index is -1.69. The van der Waals surface area contributed by atoms with E-state index in [1.54, 1.807) is 6.07 Å². The van der Waals surface area contributed by atoms with E-state index in [4.69, 9.17) is 16.3 Å². The van der Waals surface area contributed by atoms with E-state index >= 15 is 0 Å². The van der Waals surface area contributed by atoms with Gasteiger partial charge in [0.15, 0.2) is 11.2 Å². The first-order valence-electron chi connectivity index (χ1n) is 9.03. The van der Waals surface area contributed by atoms with Crippen LogP contribution in [0.2, 0.25) is 5.02 Å². The summed E-state index contributed by atoms with van der Waals surface area (Å²) in [5, 5.41) is 23.4. The largest absolute Gasteiger partial charge is 0.476 e. The zero-order valence-electron chi connectivity index (χ0n) is 14.7. The molecule has 1 aliphatic heterocycles. The molecule has 4 atom stereocenters. The van der Waals surface area contributed by atoms with Gasteiger partial charge in [-0.3, -0.25) is 4.98 Å². The maximum absolute atomic E-state index is 12.0. The molecule has 1 aliphatic carbocycles. The van der Waals surface area contributed by atoms with Crippen LogP contribution in [0.1, 0.15) is 29.2 Å². The average molecular weight is 459 g/mol. The second-order valence-electron chi connectivity index (χ2n) is 7.33. The van der Waals surface area contributed by atoms with E-state index in [1.807, 2.05) is 54.6 Å². The van der Waals surface area contributed by atoms with Crippen LogP contribution in [0.3, 0.4) is 0 Å². The normalized spacial score (nSPS) is 30.6. The molecule has 0 amide bonds. The Morgan fingerprint density at radius 2 is 1.82 bits per heavy atom. The fourth-order valence-electron chi connectivity index (χ4n) is 4.75. The van der Waals surface area contributed by atoms with Crippen molar-refractivity contribution in [2.75, 3.05) is 0 Å². The summed E-state index contributed by atoms with van der Waals surface area (Å²) in [5.41, 5.74) is -0.821. The summed E-state index contributed by atoms with van der Waals surface area (Å²) in [6.45, 7) is 0. The topological polar surface area (TPSA) is 62.6 Å². The van der Waals surface area contributed by atoms with Gasteiger partial charge in [-0.15, -0.1) is 0 Å². The molecule has 4 unspecified atom stereocenters. The third-order valence-corrected chi connectivity index (χ3v) is 6.66. The van der Waals surface area contributed by atoms with Crippen molar-refractivity contribution in [2.45, 2.75) is 29.6 Å².